The Morgan fingerprint density at radius 2 is 1.72 bits per heavy atom. The summed E-state index contributed by atoms with van der Waals surface area (Å²) in [5.74, 6) is 0.857. The van der Waals surface area contributed by atoms with Gasteiger partial charge in [0.15, 0.2) is 5.76 Å². The predicted molar refractivity (Wildman–Crippen MR) is 113 cm³/mol. The summed E-state index contributed by atoms with van der Waals surface area (Å²) < 4.78 is 5.70. The van der Waals surface area contributed by atoms with E-state index in [1.807, 2.05) is 65.6 Å². The smallest absolute Gasteiger partial charge is 0.289 e. The van der Waals surface area contributed by atoms with Crippen molar-refractivity contribution in [1.29, 1.82) is 0 Å². The third-order valence-corrected chi connectivity index (χ3v) is 5.61. The van der Waals surface area contributed by atoms with Gasteiger partial charge < -0.3 is 14.6 Å². The van der Waals surface area contributed by atoms with Crippen molar-refractivity contribution >= 4 is 22.8 Å². The molecular weight excluding hydrogens is 364 g/mol. The molecule has 0 unspecified atom stereocenters. The third kappa shape index (κ3) is 4.86. The number of rotatable bonds is 6. The minimum absolute atomic E-state index is 0.0495. The summed E-state index contributed by atoms with van der Waals surface area (Å²) >= 11 is 0. The van der Waals surface area contributed by atoms with Crippen LogP contribution in [0.4, 0.5) is 0 Å². The second-order valence-electron chi connectivity index (χ2n) is 7.67. The quantitative estimate of drug-likeness (QED) is 0.691. The molecule has 0 radical (unpaired) electrons. The monoisotopic (exact) mass is 390 g/mol. The van der Waals surface area contributed by atoms with Crippen molar-refractivity contribution in [3.05, 3.63) is 72.0 Å². The first-order chi connectivity index (χ1) is 14.2. The number of carbonyl (C=O) groups excluding carboxylic acids is 2. The molecule has 0 aliphatic carbocycles. The van der Waals surface area contributed by atoms with Gasteiger partial charge in [-0.2, -0.15) is 0 Å². The van der Waals surface area contributed by atoms with Crippen LogP contribution in [0.1, 0.15) is 35.4 Å². The van der Waals surface area contributed by atoms with Crippen LogP contribution in [-0.2, 0) is 11.2 Å². The van der Waals surface area contributed by atoms with Crippen LogP contribution in [0.2, 0.25) is 0 Å². The van der Waals surface area contributed by atoms with Crippen LogP contribution >= 0.6 is 0 Å². The zero-order chi connectivity index (χ0) is 20.1. The van der Waals surface area contributed by atoms with Gasteiger partial charge >= 0.3 is 0 Å². The van der Waals surface area contributed by atoms with Gasteiger partial charge in [0, 0.05) is 31.4 Å². The fourth-order valence-electron chi connectivity index (χ4n) is 3.83. The Bertz CT molecular complexity index is 939. The number of carbonyl (C=O) groups is 2. The molecule has 29 heavy (non-hydrogen) atoms. The normalized spacial score (nSPS) is 14.8. The maximum atomic E-state index is 12.7. The molecule has 0 atom stereocenters. The summed E-state index contributed by atoms with van der Waals surface area (Å²) in [6.07, 6.45) is 3.06. The molecule has 1 aliphatic heterocycles. The summed E-state index contributed by atoms with van der Waals surface area (Å²) in [7, 11) is 0. The number of fused-ring (bicyclic) bond motifs is 1. The molecule has 2 amide bonds. The third-order valence-electron chi connectivity index (χ3n) is 5.61. The highest BCUT2D eigenvalue weighted by atomic mass is 16.3. The Kier molecular flexibility index (Phi) is 5.94. The van der Waals surface area contributed by atoms with Gasteiger partial charge in [0.1, 0.15) is 5.58 Å². The summed E-state index contributed by atoms with van der Waals surface area (Å²) in [6, 6.07) is 19.5. The van der Waals surface area contributed by atoms with Crippen LogP contribution in [0.5, 0.6) is 0 Å². The van der Waals surface area contributed by atoms with Crippen molar-refractivity contribution in [2.75, 3.05) is 19.6 Å². The number of furan rings is 1. The Hall–Kier alpha value is -3.08. The number of hydrogen-bond donors (Lipinski definition) is 1. The first-order valence-corrected chi connectivity index (χ1v) is 10.3. The van der Waals surface area contributed by atoms with E-state index in [-0.39, 0.29) is 11.8 Å². The van der Waals surface area contributed by atoms with Gasteiger partial charge in [0.25, 0.3) is 5.91 Å². The van der Waals surface area contributed by atoms with Crippen molar-refractivity contribution in [3.63, 3.8) is 0 Å². The molecule has 2 aromatic carbocycles. The molecule has 1 N–H and O–H groups in total. The van der Waals surface area contributed by atoms with Crippen LogP contribution < -0.4 is 5.32 Å². The van der Waals surface area contributed by atoms with Gasteiger partial charge in [-0.25, -0.2) is 0 Å². The SMILES string of the molecule is O=C(CCc1ccccc1)NCC1CCN(C(=O)c2cc3ccccc3o2)CC1. The Morgan fingerprint density at radius 1 is 1.00 bits per heavy atom. The van der Waals surface area contributed by atoms with Crippen LogP contribution in [0.25, 0.3) is 11.0 Å². The van der Waals surface area contributed by atoms with E-state index in [9.17, 15) is 9.59 Å². The van der Waals surface area contributed by atoms with Gasteiger partial charge in [0.2, 0.25) is 5.91 Å². The van der Waals surface area contributed by atoms with Gasteiger partial charge in [-0.1, -0.05) is 48.5 Å². The lowest BCUT2D eigenvalue weighted by Crippen LogP contribution is -2.41. The number of para-hydroxylation sites is 1. The lowest BCUT2D eigenvalue weighted by molar-refractivity contribution is -0.121. The number of piperidine rings is 1. The molecular formula is C24H26N2O3. The number of amides is 2. The molecule has 1 aromatic heterocycles. The van der Waals surface area contributed by atoms with Crippen molar-refractivity contribution < 1.29 is 14.0 Å². The standard InChI is InChI=1S/C24H26N2O3/c27-23(11-10-18-6-2-1-3-7-18)25-17-19-12-14-26(15-13-19)24(28)22-16-20-8-4-5-9-21(20)29-22/h1-9,16,19H,10-15,17H2,(H,25,27). The first-order valence-electron chi connectivity index (χ1n) is 10.3. The fraction of sp³-hybridized carbons (Fsp3) is 0.333. The zero-order valence-electron chi connectivity index (χ0n) is 16.5. The average Bonchev–Trinajstić information content (AvgIpc) is 3.21. The van der Waals surface area contributed by atoms with Crippen molar-refractivity contribution in [3.8, 4) is 0 Å². The van der Waals surface area contributed by atoms with Crippen LogP contribution in [0, 0.1) is 5.92 Å². The molecule has 1 fully saturated rings. The second-order valence-corrected chi connectivity index (χ2v) is 7.67. The Morgan fingerprint density at radius 3 is 2.48 bits per heavy atom. The van der Waals surface area contributed by atoms with Crippen LogP contribution in [-0.4, -0.2) is 36.3 Å². The molecule has 4 rings (SSSR count). The highest BCUT2D eigenvalue weighted by Crippen LogP contribution is 2.23. The second kappa shape index (κ2) is 8.95. The predicted octanol–water partition coefficient (Wildman–Crippen LogP) is 4.03. The average molecular weight is 390 g/mol. The zero-order valence-corrected chi connectivity index (χ0v) is 16.5. The van der Waals surface area contributed by atoms with Gasteiger partial charge in [-0.3, -0.25) is 9.59 Å². The number of aryl methyl sites for hydroxylation is 1. The molecule has 0 bridgehead atoms. The summed E-state index contributed by atoms with van der Waals surface area (Å²) in [4.78, 5) is 26.7. The van der Waals surface area contributed by atoms with E-state index in [2.05, 4.69) is 5.32 Å². The summed E-state index contributed by atoms with van der Waals surface area (Å²) in [5.41, 5.74) is 1.92. The lowest BCUT2D eigenvalue weighted by Gasteiger charge is -2.31. The fourth-order valence-corrected chi connectivity index (χ4v) is 3.83. The van der Waals surface area contributed by atoms with E-state index in [4.69, 9.17) is 4.42 Å². The van der Waals surface area contributed by atoms with Crippen LogP contribution in [0.3, 0.4) is 0 Å². The largest absolute Gasteiger partial charge is 0.451 e. The molecule has 1 aliphatic rings. The van der Waals surface area contributed by atoms with E-state index < -0.39 is 0 Å². The molecule has 150 valence electrons. The molecule has 1 saturated heterocycles. The molecule has 2 heterocycles. The topological polar surface area (TPSA) is 62.6 Å². The number of likely N-dealkylation sites (tertiary alicyclic amines) is 1. The molecule has 0 spiro atoms. The van der Waals surface area contributed by atoms with Gasteiger partial charge in [-0.15, -0.1) is 0 Å². The Balaban J connectivity index is 1.21. The first kappa shape index (κ1) is 19.2. The summed E-state index contributed by atoms with van der Waals surface area (Å²) in [5, 5.41) is 4.00. The van der Waals surface area contributed by atoms with E-state index in [0.717, 1.165) is 30.2 Å². The molecule has 3 aromatic rings. The van der Waals surface area contributed by atoms with E-state index in [0.29, 0.717) is 37.7 Å². The van der Waals surface area contributed by atoms with E-state index >= 15 is 0 Å². The Labute approximate surface area is 170 Å². The van der Waals surface area contributed by atoms with E-state index in [1.165, 1.54) is 5.56 Å². The minimum Gasteiger partial charge on any atom is -0.451 e. The number of hydrogen-bond acceptors (Lipinski definition) is 3. The van der Waals surface area contributed by atoms with Crippen molar-refractivity contribution in [2.45, 2.75) is 25.7 Å². The number of nitrogens with zero attached hydrogens (tertiary/aromatic N) is 1. The highest BCUT2D eigenvalue weighted by molar-refractivity contribution is 5.96. The number of nitrogens with one attached hydrogen (secondary N) is 1. The van der Waals surface area contributed by atoms with Crippen LogP contribution in [0.15, 0.2) is 65.1 Å². The molecule has 5 heteroatoms. The summed E-state index contributed by atoms with van der Waals surface area (Å²) in [6.45, 7) is 2.07. The molecule has 5 nitrogen and oxygen atoms in total. The number of benzene rings is 2. The van der Waals surface area contributed by atoms with Gasteiger partial charge in [-0.05, 0) is 42.9 Å². The molecule has 0 saturated carbocycles. The van der Waals surface area contributed by atoms with Crippen molar-refractivity contribution in [2.24, 2.45) is 5.92 Å². The van der Waals surface area contributed by atoms with E-state index in [1.54, 1.807) is 0 Å². The maximum absolute atomic E-state index is 12.7. The van der Waals surface area contributed by atoms with Crippen molar-refractivity contribution in [1.82, 2.24) is 10.2 Å². The minimum atomic E-state index is -0.0495. The lowest BCUT2D eigenvalue weighted by atomic mass is 9.96. The maximum Gasteiger partial charge on any atom is 0.289 e. The highest BCUT2D eigenvalue weighted by Gasteiger charge is 2.25. The van der Waals surface area contributed by atoms with Gasteiger partial charge in [0.05, 0.1) is 0 Å².